The zero-order chi connectivity index (χ0) is 17.7. The molecule has 2 rings (SSSR count). The summed E-state index contributed by atoms with van der Waals surface area (Å²) in [6.45, 7) is 5.89. The first-order chi connectivity index (χ1) is 11.5. The van der Waals surface area contributed by atoms with E-state index < -0.39 is 11.9 Å². The van der Waals surface area contributed by atoms with E-state index in [4.69, 9.17) is 9.47 Å². The average Bonchev–Trinajstić information content (AvgIpc) is 2.81. The Kier molecular flexibility index (Phi) is 5.63. The zero-order valence-electron chi connectivity index (χ0n) is 14.4. The lowest BCUT2D eigenvalue weighted by atomic mass is 10.2. The number of carbonyl (C=O) groups excluding carboxylic acids is 2. The summed E-state index contributed by atoms with van der Waals surface area (Å²) in [5.41, 5.74) is 2.96. The minimum absolute atomic E-state index is 0.0438. The maximum absolute atomic E-state index is 12.0. The van der Waals surface area contributed by atoms with Crippen LogP contribution in [0.25, 0.3) is 10.9 Å². The highest BCUT2D eigenvalue weighted by atomic mass is 16.5. The molecular formula is C18H22N2O4. The maximum Gasteiger partial charge on any atom is 0.355 e. The Labute approximate surface area is 141 Å². The number of hydrogen-bond donors (Lipinski definition) is 1. The van der Waals surface area contributed by atoms with Crippen molar-refractivity contribution >= 4 is 28.5 Å². The van der Waals surface area contributed by atoms with Crippen LogP contribution in [0.5, 0.6) is 0 Å². The molecule has 1 N–H and O–H groups in total. The first-order valence-electron chi connectivity index (χ1n) is 7.85. The van der Waals surface area contributed by atoms with Gasteiger partial charge in [0.2, 0.25) is 0 Å². The van der Waals surface area contributed by atoms with Crippen LogP contribution < -0.4 is 5.32 Å². The Hall–Kier alpha value is -2.76. The molecule has 1 aromatic carbocycles. The molecule has 0 saturated heterocycles. The van der Waals surface area contributed by atoms with Gasteiger partial charge in [-0.15, -0.1) is 0 Å². The summed E-state index contributed by atoms with van der Waals surface area (Å²) in [5.74, 6) is -1.19. The van der Waals surface area contributed by atoms with Crippen molar-refractivity contribution in [2.75, 3.05) is 18.5 Å². The fourth-order valence-electron chi connectivity index (χ4n) is 2.38. The zero-order valence-corrected chi connectivity index (χ0v) is 14.4. The molecule has 0 amide bonds. The fraction of sp³-hybridized carbons (Fsp3) is 0.333. The third-order valence-electron chi connectivity index (χ3n) is 3.61. The predicted octanol–water partition coefficient (Wildman–Crippen LogP) is 2.91. The molecule has 128 valence electrons. The fourth-order valence-corrected chi connectivity index (χ4v) is 2.38. The lowest BCUT2D eigenvalue weighted by Gasteiger charge is -2.10. The van der Waals surface area contributed by atoms with Crippen LogP contribution in [0.2, 0.25) is 0 Å². The number of esters is 2. The molecule has 0 unspecified atom stereocenters. The summed E-state index contributed by atoms with van der Waals surface area (Å²) in [5, 5.41) is 3.99. The molecule has 0 saturated carbocycles. The molecule has 0 atom stereocenters. The van der Waals surface area contributed by atoms with Crippen LogP contribution in [-0.2, 0) is 26.1 Å². The number of nitrogens with one attached hydrogen (secondary N) is 1. The second-order valence-electron chi connectivity index (χ2n) is 5.27. The van der Waals surface area contributed by atoms with Crippen LogP contribution in [0.3, 0.4) is 0 Å². The van der Waals surface area contributed by atoms with Crippen LogP contribution in [0.1, 0.15) is 19.5 Å². The summed E-state index contributed by atoms with van der Waals surface area (Å²) in [7, 11) is 2.00. The number of aromatic nitrogens is 1. The molecule has 0 aliphatic heterocycles. The molecular weight excluding hydrogens is 308 g/mol. The third-order valence-corrected chi connectivity index (χ3v) is 3.61. The van der Waals surface area contributed by atoms with Crippen molar-refractivity contribution in [2.24, 2.45) is 7.05 Å². The number of rotatable bonds is 6. The summed E-state index contributed by atoms with van der Waals surface area (Å²) >= 11 is 0. The van der Waals surface area contributed by atoms with Gasteiger partial charge in [-0.3, -0.25) is 0 Å². The van der Waals surface area contributed by atoms with Gasteiger partial charge in [-0.25, -0.2) is 9.59 Å². The lowest BCUT2D eigenvalue weighted by molar-refractivity contribution is -0.140. The molecule has 0 fully saturated rings. The minimum Gasteiger partial charge on any atom is -0.463 e. The molecule has 0 radical (unpaired) electrons. The number of anilines is 1. The molecule has 0 spiro atoms. The molecule has 0 bridgehead atoms. The smallest absolute Gasteiger partial charge is 0.355 e. The summed E-state index contributed by atoms with van der Waals surface area (Å²) in [6.07, 6.45) is 1.11. The Bertz CT molecular complexity index is 790. The van der Waals surface area contributed by atoms with Gasteiger partial charge in [0.05, 0.1) is 19.3 Å². The quantitative estimate of drug-likeness (QED) is 0.651. The standard InChI is InChI=1S/C18H22N2O4/c1-5-23-17(21)11-15(18(22)24-6-2)19-14-7-8-16-13(10-14)9-12(3)20(16)4/h7-11,19H,5-6H2,1-4H3/b15-11+. The van der Waals surface area contributed by atoms with Crippen molar-refractivity contribution in [3.05, 3.63) is 41.7 Å². The van der Waals surface area contributed by atoms with Crippen molar-refractivity contribution in [1.82, 2.24) is 4.57 Å². The van der Waals surface area contributed by atoms with Gasteiger partial charge in [0, 0.05) is 29.3 Å². The second-order valence-corrected chi connectivity index (χ2v) is 5.27. The molecule has 24 heavy (non-hydrogen) atoms. The second kappa shape index (κ2) is 7.68. The number of benzene rings is 1. The first-order valence-corrected chi connectivity index (χ1v) is 7.85. The average molecular weight is 330 g/mol. The SMILES string of the molecule is CCOC(=O)/C=C(/Nc1ccc2c(c1)cc(C)n2C)C(=O)OCC. The van der Waals surface area contributed by atoms with Crippen molar-refractivity contribution in [1.29, 1.82) is 0 Å². The number of aryl methyl sites for hydroxylation is 2. The van der Waals surface area contributed by atoms with Crippen molar-refractivity contribution in [2.45, 2.75) is 20.8 Å². The molecule has 1 heterocycles. The van der Waals surface area contributed by atoms with Crippen LogP contribution >= 0.6 is 0 Å². The molecule has 2 aromatic rings. The number of nitrogens with zero attached hydrogens (tertiary/aromatic N) is 1. The van der Waals surface area contributed by atoms with Gasteiger partial charge in [0.15, 0.2) is 0 Å². The van der Waals surface area contributed by atoms with E-state index in [1.165, 1.54) is 0 Å². The van der Waals surface area contributed by atoms with Gasteiger partial charge in [0.25, 0.3) is 0 Å². The number of hydrogen-bond acceptors (Lipinski definition) is 5. The van der Waals surface area contributed by atoms with E-state index in [1.807, 2.05) is 32.2 Å². The monoisotopic (exact) mass is 330 g/mol. The van der Waals surface area contributed by atoms with Crippen molar-refractivity contribution in [3.8, 4) is 0 Å². The number of ether oxygens (including phenoxy) is 2. The van der Waals surface area contributed by atoms with Gasteiger partial charge in [-0.2, -0.15) is 0 Å². The predicted molar refractivity (Wildman–Crippen MR) is 92.6 cm³/mol. The van der Waals surface area contributed by atoms with E-state index >= 15 is 0 Å². The van der Waals surface area contributed by atoms with E-state index in [9.17, 15) is 9.59 Å². The van der Waals surface area contributed by atoms with E-state index in [2.05, 4.69) is 16.0 Å². The van der Waals surface area contributed by atoms with Crippen LogP contribution in [0.4, 0.5) is 5.69 Å². The van der Waals surface area contributed by atoms with E-state index in [-0.39, 0.29) is 18.9 Å². The Morgan fingerprint density at radius 2 is 1.88 bits per heavy atom. The minimum atomic E-state index is -0.602. The van der Waals surface area contributed by atoms with Crippen molar-refractivity contribution in [3.63, 3.8) is 0 Å². The largest absolute Gasteiger partial charge is 0.463 e. The first kappa shape index (κ1) is 17.6. The Morgan fingerprint density at radius 1 is 1.17 bits per heavy atom. The van der Waals surface area contributed by atoms with E-state index in [1.54, 1.807) is 13.8 Å². The molecule has 0 aliphatic carbocycles. The van der Waals surface area contributed by atoms with Gasteiger partial charge < -0.3 is 19.4 Å². The van der Waals surface area contributed by atoms with E-state index in [0.29, 0.717) is 5.69 Å². The van der Waals surface area contributed by atoms with Crippen LogP contribution in [0, 0.1) is 6.92 Å². The topological polar surface area (TPSA) is 69.6 Å². The normalized spacial score (nSPS) is 11.4. The van der Waals surface area contributed by atoms with Crippen LogP contribution in [0.15, 0.2) is 36.0 Å². The number of carbonyl (C=O) groups is 2. The van der Waals surface area contributed by atoms with Gasteiger partial charge >= 0.3 is 11.9 Å². The number of fused-ring (bicyclic) bond motifs is 1. The summed E-state index contributed by atoms with van der Waals surface area (Å²) in [4.78, 5) is 23.7. The highest BCUT2D eigenvalue weighted by molar-refractivity contribution is 5.99. The third kappa shape index (κ3) is 3.95. The maximum atomic E-state index is 12.0. The molecule has 0 aliphatic rings. The van der Waals surface area contributed by atoms with Crippen LogP contribution in [-0.4, -0.2) is 29.7 Å². The van der Waals surface area contributed by atoms with Gasteiger partial charge in [-0.05, 0) is 45.0 Å². The summed E-state index contributed by atoms with van der Waals surface area (Å²) < 4.78 is 11.9. The van der Waals surface area contributed by atoms with Gasteiger partial charge in [0.1, 0.15) is 5.70 Å². The molecule has 1 aromatic heterocycles. The molecule has 6 heteroatoms. The van der Waals surface area contributed by atoms with Gasteiger partial charge in [-0.1, -0.05) is 0 Å². The Morgan fingerprint density at radius 3 is 2.54 bits per heavy atom. The summed E-state index contributed by atoms with van der Waals surface area (Å²) in [6, 6.07) is 7.78. The highest BCUT2D eigenvalue weighted by Gasteiger charge is 2.14. The lowest BCUT2D eigenvalue weighted by Crippen LogP contribution is -2.17. The van der Waals surface area contributed by atoms with E-state index in [0.717, 1.165) is 22.7 Å². The van der Waals surface area contributed by atoms with Crippen molar-refractivity contribution < 1.29 is 19.1 Å². The highest BCUT2D eigenvalue weighted by Crippen LogP contribution is 2.23. The molecule has 6 nitrogen and oxygen atoms in total. The Balaban J connectivity index is 2.31.